The van der Waals surface area contributed by atoms with Gasteiger partial charge in [0, 0.05) is 36.2 Å². The minimum Gasteiger partial charge on any atom is -0.389 e. The first-order valence-electron chi connectivity index (χ1n) is 9.95. The zero-order valence-electron chi connectivity index (χ0n) is 16.6. The number of aliphatic hydroxyl groups excluding tert-OH is 1. The maximum Gasteiger partial charge on any atom is 0.272 e. The molecular weight excluding hydrogens is 414 g/mol. The summed E-state index contributed by atoms with van der Waals surface area (Å²) in [5, 5.41) is 14.0. The fourth-order valence-corrected chi connectivity index (χ4v) is 3.97. The third kappa shape index (κ3) is 3.97. The molecule has 3 aromatic heterocycles. The lowest BCUT2D eigenvalue weighted by atomic mass is 10.2. The lowest BCUT2D eigenvalue weighted by Crippen LogP contribution is -2.51. The highest BCUT2D eigenvalue weighted by molar-refractivity contribution is 6.30. The summed E-state index contributed by atoms with van der Waals surface area (Å²) in [7, 11) is 0. The molecule has 8 heteroatoms. The van der Waals surface area contributed by atoms with E-state index in [0.29, 0.717) is 36.0 Å². The number of hydrogen-bond donors (Lipinski definition) is 2. The number of carbonyl (C=O) groups excluding carboxylic acids is 1. The van der Waals surface area contributed by atoms with Crippen LogP contribution in [0.15, 0.2) is 67.1 Å². The van der Waals surface area contributed by atoms with Crippen LogP contribution in [-0.4, -0.2) is 44.7 Å². The maximum absolute atomic E-state index is 13.1. The number of β-amino-alcohol motifs (C(OH)–C–C–N with tert-alkyl or cyclic N) is 1. The van der Waals surface area contributed by atoms with E-state index in [2.05, 4.69) is 15.3 Å². The molecule has 0 unspecified atom stereocenters. The van der Waals surface area contributed by atoms with Crippen molar-refractivity contribution in [3.63, 3.8) is 0 Å². The molecule has 7 nitrogen and oxygen atoms in total. The van der Waals surface area contributed by atoms with Crippen molar-refractivity contribution in [3.8, 4) is 0 Å². The van der Waals surface area contributed by atoms with Crippen LogP contribution in [0.3, 0.4) is 0 Å². The van der Waals surface area contributed by atoms with Crippen LogP contribution >= 0.6 is 11.6 Å². The van der Waals surface area contributed by atoms with Crippen molar-refractivity contribution >= 4 is 39.9 Å². The molecule has 1 aliphatic heterocycles. The second-order valence-corrected chi connectivity index (χ2v) is 8.03. The molecule has 0 atom stereocenters. The molecule has 0 aliphatic carbocycles. The summed E-state index contributed by atoms with van der Waals surface area (Å²) >= 11 is 6.15. The Morgan fingerprint density at radius 3 is 2.77 bits per heavy atom. The topological polar surface area (TPSA) is 83.3 Å². The number of hydrogen-bond acceptors (Lipinski definition) is 5. The largest absolute Gasteiger partial charge is 0.389 e. The molecule has 156 valence electrons. The minimum absolute atomic E-state index is 0.229. The van der Waals surface area contributed by atoms with Crippen LogP contribution in [0.5, 0.6) is 0 Å². The lowest BCUT2D eigenvalue weighted by Gasteiger charge is -2.36. The monoisotopic (exact) mass is 433 g/mol. The first-order chi connectivity index (χ1) is 15.1. The van der Waals surface area contributed by atoms with Gasteiger partial charge in [-0.25, -0.2) is 4.98 Å². The van der Waals surface area contributed by atoms with Gasteiger partial charge in [-0.15, -0.1) is 0 Å². The maximum atomic E-state index is 13.1. The normalized spacial score (nSPS) is 13.9. The number of halogens is 1. The van der Waals surface area contributed by atoms with Gasteiger partial charge in [0.25, 0.3) is 5.91 Å². The highest BCUT2D eigenvalue weighted by atomic mass is 35.5. The van der Waals surface area contributed by atoms with E-state index < -0.39 is 0 Å². The number of nitrogens with zero attached hydrogens (tertiary/aromatic N) is 4. The van der Waals surface area contributed by atoms with Crippen molar-refractivity contribution in [1.82, 2.24) is 14.5 Å². The van der Waals surface area contributed by atoms with Crippen LogP contribution in [0.25, 0.3) is 10.9 Å². The summed E-state index contributed by atoms with van der Waals surface area (Å²) in [6, 6.07) is 15.0. The molecular formula is C23H20ClN5O2. The van der Waals surface area contributed by atoms with Crippen LogP contribution in [-0.2, 0) is 6.54 Å². The molecule has 1 saturated heterocycles. The van der Waals surface area contributed by atoms with E-state index in [-0.39, 0.29) is 12.0 Å². The molecule has 5 rings (SSSR count). The van der Waals surface area contributed by atoms with Gasteiger partial charge in [0.1, 0.15) is 11.5 Å². The van der Waals surface area contributed by atoms with Crippen LogP contribution < -0.4 is 10.2 Å². The van der Waals surface area contributed by atoms with E-state index in [9.17, 15) is 9.90 Å². The first-order valence-corrected chi connectivity index (χ1v) is 10.3. The van der Waals surface area contributed by atoms with Gasteiger partial charge >= 0.3 is 0 Å². The average Bonchev–Trinajstić information content (AvgIpc) is 3.11. The van der Waals surface area contributed by atoms with Crippen LogP contribution in [0.2, 0.25) is 5.02 Å². The summed E-state index contributed by atoms with van der Waals surface area (Å²) in [6.45, 7) is 1.65. The van der Waals surface area contributed by atoms with Crippen molar-refractivity contribution in [3.05, 3.63) is 83.4 Å². The van der Waals surface area contributed by atoms with Gasteiger partial charge in [0.15, 0.2) is 0 Å². The van der Waals surface area contributed by atoms with E-state index in [1.807, 2.05) is 58.0 Å². The molecule has 2 N–H and O–H groups in total. The fraction of sp³-hybridized carbons (Fsp3) is 0.174. The average molecular weight is 434 g/mol. The van der Waals surface area contributed by atoms with E-state index in [1.165, 1.54) is 0 Å². The predicted molar refractivity (Wildman–Crippen MR) is 121 cm³/mol. The van der Waals surface area contributed by atoms with Crippen LogP contribution in [0.4, 0.5) is 11.5 Å². The van der Waals surface area contributed by atoms with E-state index in [4.69, 9.17) is 11.6 Å². The number of nitrogens with one attached hydrogen (secondary N) is 1. The number of aromatic nitrogens is 3. The van der Waals surface area contributed by atoms with Gasteiger partial charge in [0.2, 0.25) is 0 Å². The number of benzene rings is 1. The molecule has 4 heterocycles. The number of anilines is 2. The van der Waals surface area contributed by atoms with Crippen molar-refractivity contribution in [2.75, 3.05) is 23.3 Å². The Hall–Kier alpha value is -3.42. The van der Waals surface area contributed by atoms with E-state index >= 15 is 0 Å². The van der Waals surface area contributed by atoms with Gasteiger partial charge in [-0.2, -0.15) is 0 Å². The summed E-state index contributed by atoms with van der Waals surface area (Å²) in [5.74, 6) is 0.552. The van der Waals surface area contributed by atoms with Gasteiger partial charge in [-0.1, -0.05) is 23.7 Å². The Morgan fingerprint density at radius 2 is 2.03 bits per heavy atom. The van der Waals surface area contributed by atoms with Crippen molar-refractivity contribution in [2.45, 2.75) is 12.6 Å². The number of amides is 1. The smallest absolute Gasteiger partial charge is 0.272 e. The first kappa shape index (κ1) is 19.5. The fourth-order valence-electron chi connectivity index (χ4n) is 3.76. The van der Waals surface area contributed by atoms with Crippen molar-refractivity contribution < 1.29 is 9.90 Å². The number of carbonyl (C=O) groups is 1. The zero-order valence-corrected chi connectivity index (χ0v) is 17.3. The molecule has 1 aromatic carbocycles. The Balaban J connectivity index is 1.41. The quantitative estimate of drug-likeness (QED) is 0.502. The van der Waals surface area contributed by atoms with Gasteiger partial charge in [0.05, 0.1) is 29.7 Å². The molecule has 4 aromatic rings. The Labute approximate surface area is 183 Å². The van der Waals surface area contributed by atoms with Crippen LogP contribution in [0.1, 0.15) is 16.1 Å². The number of aliphatic hydroxyl groups is 1. The highest BCUT2D eigenvalue weighted by Gasteiger charge is 2.25. The molecule has 1 fully saturated rings. The second kappa shape index (κ2) is 8.02. The molecule has 0 saturated carbocycles. The van der Waals surface area contributed by atoms with Gasteiger partial charge < -0.3 is 19.9 Å². The predicted octanol–water partition coefficient (Wildman–Crippen LogP) is 3.57. The zero-order chi connectivity index (χ0) is 21.4. The molecule has 0 spiro atoms. The number of rotatable bonds is 5. The van der Waals surface area contributed by atoms with Crippen LogP contribution in [0, 0.1) is 0 Å². The molecule has 0 bridgehead atoms. The summed E-state index contributed by atoms with van der Waals surface area (Å²) in [4.78, 5) is 23.7. The summed E-state index contributed by atoms with van der Waals surface area (Å²) < 4.78 is 1.94. The third-order valence-electron chi connectivity index (χ3n) is 5.36. The Morgan fingerprint density at radius 1 is 1.16 bits per heavy atom. The molecule has 1 aliphatic rings. The lowest BCUT2D eigenvalue weighted by molar-refractivity contribution is 0.101. The number of pyridine rings is 2. The summed E-state index contributed by atoms with van der Waals surface area (Å²) in [5.41, 5.74) is 2.99. The Kier molecular flexibility index (Phi) is 5.05. The Bertz CT molecular complexity index is 1250. The third-order valence-corrected chi connectivity index (χ3v) is 5.60. The standard InChI is InChI=1S/C23H20ClN5O2/c24-17-3-1-2-15(8-17)12-29-20(9-16-6-7-25-11-21(16)29)23(31)27-18-4-5-22(26-10-18)28-13-19(30)14-28/h1-11,19,30H,12-14H2,(H,27,31). The second-order valence-electron chi connectivity index (χ2n) is 7.60. The minimum atomic E-state index is -0.294. The highest BCUT2D eigenvalue weighted by Crippen LogP contribution is 2.24. The SMILES string of the molecule is O=C(Nc1ccc(N2CC(O)C2)nc1)c1cc2ccncc2n1Cc1cccc(Cl)c1. The number of fused-ring (bicyclic) bond motifs is 1. The molecule has 31 heavy (non-hydrogen) atoms. The van der Waals surface area contributed by atoms with Crippen molar-refractivity contribution in [2.24, 2.45) is 0 Å². The molecule has 1 amide bonds. The van der Waals surface area contributed by atoms with Crippen molar-refractivity contribution in [1.29, 1.82) is 0 Å². The summed E-state index contributed by atoms with van der Waals surface area (Å²) in [6.07, 6.45) is 4.80. The van der Waals surface area contributed by atoms with Gasteiger partial charge in [-0.05, 0) is 42.0 Å². The van der Waals surface area contributed by atoms with E-state index in [0.717, 1.165) is 22.3 Å². The van der Waals surface area contributed by atoms with E-state index in [1.54, 1.807) is 18.6 Å². The van der Waals surface area contributed by atoms with Gasteiger partial charge in [-0.3, -0.25) is 9.78 Å². The molecule has 0 radical (unpaired) electrons.